The van der Waals surface area contributed by atoms with Gasteiger partial charge < -0.3 is 20.5 Å². The molecule has 0 bridgehead atoms. The molecule has 3 N–H and O–H groups in total. The van der Waals surface area contributed by atoms with Crippen molar-refractivity contribution in [1.82, 2.24) is 0 Å². The standard InChI is InChI=1S/C21H17N3O6/c22-18-11-6-14(12-19(18)24(27)28)21(26)29-13-20(25)23-15-7-9-17(10-8-15)30-16-4-2-1-3-5-16/h1-12H,13,22H2,(H,23,25). The summed E-state index contributed by atoms with van der Waals surface area (Å²) in [4.78, 5) is 34.2. The third-order valence-electron chi connectivity index (χ3n) is 3.91. The first kappa shape index (κ1) is 20.3. The molecule has 0 aliphatic heterocycles. The molecule has 9 nitrogen and oxygen atoms in total. The molecule has 152 valence electrons. The Morgan fingerprint density at radius 2 is 1.63 bits per heavy atom. The SMILES string of the molecule is Nc1ccc(C(=O)OCC(=O)Nc2ccc(Oc3ccccc3)cc2)cc1[N+](=O)[O-]. The van der Waals surface area contributed by atoms with Crippen LogP contribution < -0.4 is 15.8 Å². The third-order valence-corrected chi connectivity index (χ3v) is 3.91. The number of esters is 1. The molecule has 0 unspecified atom stereocenters. The van der Waals surface area contributed by atoms with Gasteiger partial charge in [-0.2, -0.15) is 0 Å². The van der Waals surface area contributed by atoms with Crippen molar-refractivity contribution in [2.24, 2.45) is 0 Å². The van der Waals surface area contributed by atoms with E-state index >= 15 is 0 Å². The zero-order chi connectivity index (χ0) is 21.5. The molecule has 0 spiro atoms. The summed E-state index contributed by atoms with van der Waals surface area (Å²) in [6, 6.07) is 19.4. The number of hydrogen-bond donors (Lipinski definition) is 2. The first-order valence-electron chi connectivity index (χ1n) is 8.76. The van der Waals surface area contributed by atoms with E-state index in [1.54, 1.807) is 24.3 Å². The van der Waals surface area contributed by atoms with Crippen molar-refractivity contribution in [3.63, 3.8) is 0 Å². The van der Waals surface area contributed by atoms with Crippen LogP contribution in [-0.2, 0) is 9.53 Å². The fourth-order valence-corrected chi connectivity index (χ4v) is 2.47. The number of nitrogen functional groups attached to an aromatic ring is 1. The molecule has 0 saturated heterocycles. The first-order valence-corrected chi connectivity index (χ1v) is 8.76. The number of nitrogens with zero attached hydrogens (tertiary/aromatic N) is 1. The second-order valence-electron chi connectivity index (χ2n) is 6.09. The van der Waals surface area contributed by atoms with E-state index in [1.807, 2.05) is 30.3 Å². The lowest BCUT2D eigenvalue weighted by atomic mass is 10.2. The molecule has 0 atom stereocenters. The summed E-state index contributed by atoms with van der Waals surface area (Å²) >= 11 is 0. The van der Waals surface area contributed by atoms with E-state index < -0.39 is 29.1 Å². The van der Waals surface area contributed by atoms with Gasteiger partial charge in [-0.05, 0) is 48.5 Å². The smallest absolute Gasteiger partial charge is 0.338 e. The lowest BCUT2D eigenvalue weighted by Crippen LogP contribution is -2.21. The monoisotopic (exact) mass is 407 g/mol. The van der Waals surface area contributed by atoms with Gasteiger partial charge in [0.25, 0.3) is 11.6 Å². The van der Waals surface area contributed by atoms with Crippen molar-refractivity contribution in [1.29, 1.82) is 0 Å². The molecule has 3 aromatic carbocycles. The van der Waals surface area contributed by atoms with Crippen molar-refractivity contribution in [3.05, 3.63) is 88.5 Å². The van der Waals surface area contributed by atoms with Crippen molar-refractivity contribution in [2.75, 3.05) is 17.7 Å². The fourth-order valence-electron chi connectivity index (χ4n) is 2.47. The minimum absolute atomic E-state index is 0.0750. The number of nitrogens with two attached hydrogens (primary N) is 1. The van der Waals surface area contributed by atoms with Gasteiger partial charge in [-0.1, -0.05) is 18.2 Å². The number of ether oxygens (including phenoxy) is 2. The van der Waals surface area contributed by atoms with Crippen molar-refractivity contribution < 1.29 is 24.0 Å². The maximum atomic E-state index is 12.0. The number of carbonyl (C=O) groups is 2. The molecule has 1 amide bonds. The normalized spacial score (nSPS) is 10.1. The number of nitro benzene ring substituents is 1. The Hall–Kier alpha value is -4.40. The number of anilines is 2. The topological polar surface area (TPSA) is 134 Å². The van der Waals surface area contributed by atoms with Gasteiger partial charge in [0.05, 0.1) is 10.5 Å². The quantitative estimate of drug-likeness (QED) is 0.263. The Morgan fingerprint density at radius 1 is 0.967 bits per heavy atom. The van der Waals surface area contributed by atoms with Crippen molar-refractivity contribution in [2.45, 2.75) is 0 Å². The highest BCUT2D eigenvalue weighted by Gasteiger charge is 2.17. The van der Waals surface area contributed by atoms with Gasteiger partial charge in [-0.25, -0.2) is 4.79 Å². The first-order chi connectivity index (χ1) is 14.4. The van der Waals surface area contributed by atoms with Crippen LogP contribution in [0.15, 0.2) is 72.8 Å². The number of carbonyl (C=O) groups excluding carboxylic acids is 2. The van der Waals surface area contributed by atoms with Gasteiger partial charge in [0.1, 0.15) is 17.2 Å². The van der Waals surface area contributed by atoms with Crippen molar-refractivity contribution >= 4 is 28.9 Å². The molecule has 0 aliphatic rings. The van der Waals surface area contributed by atoms with Gasteiger partial charge in [0, 0.05) is 11.8 Å². The van der Waals surface area contributed by atoms with E-state index in [0.717, 1.165) is 6.07 Å². The van der Waals surface area contributed by atoms with E-state index in [1.165, 1.54) is 12.1 Å². The van der Waals surface area contributed by atoms with Crippen LogP contribution in [0.1, 0.15) is 10.4 Å². The number of rotatable bonds is 7. The van der Waals surface area contributed by atoms with E-state index in [4.69, 9.17) is 15.2 Å². The highest BCUT2D eigenvalue weighted by atomic mass is 16.6. The number of amides is 1. The number of benzene rings is 3. The van der Waals surface area contributed by atoms with E-state index in [9.17, 15) is 19.7 Å². The molecule has 0 fully saturated rings. The lowest BCUT2D eigenvalue weighted by Gasteiger charge is -2.09. The Balaban J connectivity index is 1.52. The maximum absolute atomic E-state index is 12.0. The van der Waals surface area contributed by atoms with E-state index in [-0.39, 0.29) is 11.3 Å². The summed E-state index contributed by atoms with van der Waals surface area (Å²) in [7, 11) is 0. The molecule has 3 aromatic rings. The van der Waals surface area contributed by atoms with Crippen LogP contribution in [0.25, 0.3) is 0 Å². The summed E-state index contributed by atoms with van der Waals surface area (Å²) < 4.78 is 10.6. The molecule has 3 rings (SSSR count). The van der Waals surface area contributed by atoms with Gasteiger partial charge in [0.15, 0.2) is 6.61 Å². The third kappa shape index (κ3) is 5.32. The van der Waals surface area contributed by atoms with Crippen LogP contribution in [0.3, 0.4) is 0 Å². The maximum Gasteiger partial charge on any atom is 0.338 e. The second-order valence-corrected chi connectivity index (χ2v) is 6.09. The lowest BCUT2D eigenvalue weighted by molar-refractivity contribution is -0.383. The van der Waals surface area contributed by atoms with Crippen LogP contribution >= 0.6 is 0 Å². The molecular formula is C21H17N3O6. The molecule has 30 heavy (non-hydrogen) atoms. The van der Waals surface area contributed by atoms with Crippen LogP contribution in [0.2, 0.25) is 0 Å². The Morgan fingerprint density at radius 3 is 2.30 bits per heavy atom. The molecule has 0 radical (unpaired) electrons. The predicted octanol–water partition coefficient (Wildman–Crippen LogP) is 3.76. The zero-order valence-electron chi connectivity index (χ0n) is 15.6. The fraction of sp³-hybridized carbons (Fsp3) is 0.0476. The molecule has 0 saturated carbocycles. The average molecular weight is 407 g/mol. The van der Waals surface area contributed by atoms with Gasteiger partial charge in [-0.15, -0.1) is 0 Å². The Labute approximate surface area is 171 Å². The highest BCUT2D eigenvalue weighted by Crippen LogP contribution is 2.23. The minimum Gasteiger partial charge on any atom is -0.457 e. The number of nitro groups is 1. The largest absolute Gasteiger partial charge is 0.457 e. The number of hydrogen-bond acceptors (Lipinski definition) is 7. The second kappa shape index (κ2) is 9.20. The van der Waals surface area contributed by atoms with E-state index in [2.05, 4.69) is 5.32 Å². The molecule has 0 aromatic heterocycles. The molecule has 0 heterocycles. The number of nitrogens with one attached hydrogen (secondary N) is 1. The zero-order valence-corrected chi connectivity index (χ0v) is 15.6. The van der Waals surface area contributed by atoms with Crippen LogP contribution in [0, 0.1) is 10.1 Å². The van der Waals surface area contributed by atoms with Crippen LogP contribution in [0.4, 0.5) is 17.1 Å². The molecular weight excluding hydrogens is 390 g/mol. The summed E-state index contributed by atoms with van der Waals surface area (Å²) in [5.41, 5.74) is 5.41. The summed E-state index contributed by atoms with van der Waals surface area (Å²) in [6.07, 6.45) is 0. The minimum atomic E-state index is -0.875. The summed E-state index contributed by atoms with van der Waals surface area (Å²) in [6.45, 7) is -0.556. The van der Waals surface area contributed by atoms with Crippen LogP contribution in [0.5, 0.6) is 11.5 Å². The van der Waals surface area contributed by atoms with Gasteiger partial charge in [0.2, 0.25) is 0 Å². The van der Waals surface area contributed by atoms with Gasteiger partial charge >= 0.3 is 5.97 Å². The molecule has 9 heteroatoms. The van der Waals surface area contributed by atoms with Crippen molar-refractivity contribution in [3.8, 4) is 11.5 Å². The highest BCUT2D eigenvalue weighted by molar-refractivity contribution is 5.96. The van der Waals surface area contributed by atoms with E-state index in [0.29, 0.717) is 17.2 Å². The average Bonchev–Trinajstić information content (AvgIpc) is 2.74. The Kier molecular flexibility index (Phi) is 6.23. The summed E-state index contributed by atoms with van der Waals surface area (Å²) in [5, 5.41) is 13.5. The summed E-state index contributed by atoms with van der Waals surface area (Å²) in [5.74, 6) is -0.162. The predicted molar refractivity (Wildman–Crippen MR) is 109 cm³/mol. The molecule has 0 aliphatic carbocycles. The van der Waals surface area contributed by atoms with Gasteiger partial charge in [-0.3, -0.25) is 14.9 Å². The van der Waals surface area contributed by atoms with Crippen LogP contribution in [-0.4, -0.2) is 23.4 Å². The Bertz CT molecular complexity index is 1070. The number of para-hydroxylation sites is 1.